The first kappa shape index (κ1) is 14.0. The zero-order valence-corrected chi connectivity index (χ0v) is 11.7. The van der Waals surface area contributed by atoms with Crippen molar-refractivity contribution in [2.75, 3.05) is 7.11 Å². The summed E-state index contributed by atoms with van der Waals surface area (Å²) in [5.41, 5.74) is 0.583. The summed E-state index contributed by atoms with van der Waals surface area (Å²) in [5.74, 6) is 0.0871. The van der Waals surface area contributed by atoms with Crippen molar-refractivity contribution in [2.45, 2.75) is 45.4 Å². The summed E-state index contributed by atoms with van der Waals surface area (Å²) in [5, 5.41) is 0. The highest BCUT2D eigenvalue weighted by molar-refractivity contribution is 5.87. The number of Topliss-reactive ketones (excluding diaryl/α,β-unsaturated/α-hetero) is 1. The van der Waals surface area contributed by atoms with E-state index < -0.39 is 5.82 Å². The quantitative estimate of drug-likeness (QED) is 0.805. The van der Waals surface area contributed by atoms with Crippen LogP contribution in [-0.2, 0) is 11.2 Å². The maximum absolute atomic E-state index is 13.6. The van der Waals surface area contributed by atoms with Crippen LogP contribution in [0.15, 0.2) is 18.2 Å². The highest BCUT2D eigenvalue weighted by atomic mass is 19.1. The first-order valence-electron chi connectivity index (χ1n) is 6.97. The van der Waals surface area contributed by atoms with Crippen LogP contribution in [0.1, 0.15) is 44.6 Å². The van der Waals surface area contributed by atoms with Gasteiger partial charge >= 0.3 is 0 Å². The normalized spacial score (nSPS) is 17.4. The zero-order valence-electron chi connectivity index (χ0n) is 11.7. The molecule has 3 heteroatoms. The smallest absolute Gasteiger partial charge is 0.165 e. The minimum absolute atomic E-state index is 0.156. The molecule has 0 N–H and O–H groups in total. The van der Waals surface area contributed by atoms with Crippen LogP contribution in [-0.4, -0.2) is 12.9 Å². The summed E-state index contributed by atoms with van der Waals surface area (Å²) in [6, 6.07) is 4.78. The number of methoxy groups -OCH3 is 1. The number of hydrogen-bond acceptors (Lipinski definition) is 2. The van der Waals surface area contributed by atoms with Gasteiger partial charge in [-0.25, -0.2) is 4.39 Å². The summed E-state index contributed by atoms with van der Waals surface area (Å²) < 4.78 is 18.5. The number of ketones is 1. The third-order valence-electron chi connectivity index (χ3n) is 4.41. The number of benzene rings is 1. The van der Waals surface area contributed by atoms with Crippen molar-refractivity contribution >= 4 is 5.78 Å². The molecule has 0 radical (unpaired) electrons. The van der Waals surface area contributed by atoms with Crippen LogP contribution in [0.3, 0.4) is 0 Å². The topological polar surface area (TPSA) is 26.3 Å². The van der Waals surface area contributed by atoms with Gasteiger partial charge in [-0.2, -0.15) is 0 Å². The number of hydrogen-bond donors (Lipinski definition) is 0. The van der Waals surface area contributed by atoms with E-state index in [2.05, 4.69) is 6.92 Å². The molecule has 0 aliphatic heterocycles. The average molecular weight is 264 g/mol. The van der Waals surface area contributed by atoms with Crippen LogP contribution in [0.2, 0.25) is 0 Å². The first-order valence-corrected chi connectivity index (χ1v) is 6.97. The lowest BCUT2D eigenvalue weighted by Gasteiger charge is -2.25. The van der Waals surface area contributed by atoms with Crippen molar-refractivity contribution in [3.05, 3.63) is 29.6 Å². The van der Waals surface area contributed by atoms with E-state index in [-0.39, 0.29) is 16.9 Å². The number of halogens is 1. The Hall–Kier alpha value is -1.38. The van der Waals surface area contributed by atoms with Gasteiger partial charge in [0.15, 0.2) is 11.6 Å². The number of rotatable bonds is 5. The largest absolute Gasteiger partial charge is 0.494 e. The van der Waals surface area contributed by atoms with Crippen LogP contribution in [0.25, 0.3) is 0 Å². The number of carbonyl (C=O) groups excluding carboxylic acids is 1. The first-order chi connectivity index (χ1) is 9.11. The Balaban J connectivity index is 2.12. The summed E-state index contributed by atoms with van der Waals surface area (Å²) in [6.07, 6.45) is 5.47. The number of ether oxygens (including phenoxy) is 1. The Kier molecular flexibility index (Phi) is 4.23. The molecular weight excluding hydrogens is 243 g/mol. The Labute approximate surface area is 114 Å². The monoisotopic (exact) mass is 264 g/mol. The molecule has 0 bridgehead atoms. The second-order valence-corrected chi connectivity index (χ2v) is 5.41. The van der Waals surface area contributed by atoms with Crippen molar-refractivity contribution in [2.24, 2.45) is 5.41 Å². The molecule has 0 amide bonds. The van der Waals surface area contributed by atoms with Crippen molar-refractivity contribution in [3.8, 4) is 5.75 Å². The van der Waals surface area contributed by atoms with Crippen LogP contribution >= 0.6 is 0 Å². The minimum Gasteiger partial charge on any atom is -0.494 e. The third kappa shape index (κ3) is 2.80. The molecule has 1 aromatic carbocycles. The fourth-order valence-corrected chi connectivity index (χ4v) is 3.07. The van der Waals surface area contributed by atoms with E-state index in [0.717, 1.165) is 37.7 Å². The van der Waals surface area contributed by atoms with Gasteiger partial charge in [0.2, 0.25) is 0 Å². The maximum atomic E-state index is 13.6. The summed E-state index contributed by atoms with van der Waals surface area (Å²) in [7, 11) is 1.44. The predicted molar refractivity (Wildman–Crippen MR) is 72.9 cm³/mol. The molecule has 1 aliphatic carbocycles. The fourth-order valence-electron chi connectivity index (χ4n) is 3.07. The van der Waals surface area contributed by atoms with Crippen molar-refractivity contribution in [1.82, 2.24) is 0 Å². The molecule has 2 rings (SSSR count). The van der Waals surface area contributed by atoms with Crippen molar-refractivity contribution in [3.63, 3.8) is 0 Å². The van der Waals surface area contributed by atoms with Gasteiger partial charge in [0.25, 0.3) is 0 Å². The Morgan fingerprint density at radius 2 is 2.05 bits per heavy atom. The highest BCUT2D eigenvalue weighted by Crippen LogP contribution is 2.42. The standard InChI is InChI=1S/C16H21FO2/c1-3-16(8-4-5-9-16)15(18)11-12-6-7-14(19-2)13(17)10-12/h6-7,10H,3-5,8-9,11H2,1-2H3. The summed E-state index contributed by atoms with van der Waals surface area (Å²) >= 11 is 0. The van der Waals surface area contributed by atoms with Gasteiger partial charge in [0.1, 0.15) is 5.78 Å². The van der Waals surface area contributed by atoms with E-state index in [0.29, 0.717) is 6.42 Å². The SMILES string of the molecule is CCC1(C(=O)Cc2ccc(OC)c(F)c2)CCCC1. The second kappa shape index (κ2) is 5.72. The van der Waals surface area contributed by atoms with Crippen LogP contribution < -0.4 is 4.74 Å². The van der Waals surface area contributed by atoms with Gasteiger partial charge in [-0.05, 0) is 37.0 Å². The molecule has 0 unspecified atom stereocenters. The maximum Gasteiger partial charge on any atom is 0.165 e. The van der Waals surface area contributed by atoms with Gasteiger partial charge in [-0.1, -0.05) is 25.8 Å². The summed E-state index contributed by atoms with van der Waals surface area (Å²) in [6.45, 7) is 2.08. The molecule has 0 aromatic heterocycles. The van der Waals surface area contributed by atoms with Gasteiger partial charge in [0.05, 0.1) is 7.11 Å². The average Bonchev–Trinajstić information content (AvgIpc) is 2.89. The second-order valence-electron chi connectivity index (χ2n) is 5.41. The highest BCUT2D eigenvalue weighted by Gasteiger charge is 2.38. The predicted octanol–water partition coefficient (Wildman–Crippen LogP) is 3.92. The Bertz CT molecular complexity index is 462. The lowest BCUT2D eigenvalue weighted by molar-refractivity contribution is -0.128. The van der Waals surface area contributed by atoms with Crippen molar-refractivity contribution < 1.29 is 13.9 Å². The molecule has 0 heterocycles. The van der Waals surface area contributed by atoms with Crippen molar-refractivity contribution in [1.29, 1.82) is 0 Å². The molecule has 1 saturated carbocycles. The molecule has 1 aliphatic rings. The lowest BCUT2D eigenvalue weighted by Crippen LogP contribution is -2.28. The molecule has 19 heavy (non-hydrogen) atoms. The van der Waals surface area contributed by atoms with E-state index in [9.17, 15) is 9.18 Å². The molecule has 1 aromatic rings. The lowest BCUT2D eigenvalue weighted by atomic mass is 9.77. The molecule has 0 saturated heterocycles. The van der Waals surface area contributed by atoms with Crippen LogP contribution in [0, 0.1) is 11.2 Å². The fraction of sp³-hybridized carbons (Fsp3) is 0.562. The van der Waals surface area contributed by atoms with E-state index in [1.165, 1.54) is 13.2 Å². The van der Waals surface area contributed by atoms with Crippen LogP contribution in [0.5, 0.6) is 5.75 Å². The van der Waals surface area contributed by atoms with E-state index in [1.807, 2.05) is 0 Å². The molecule has 1 fully saturated rings. The Morgan fingerprint density at radius 1 is 1.37 bits per heavy atom. The van der Waals surface area contributed by atoms with Gasteiger partial charge in [0, 0.05) is 11.8 Å². The molecular formula is C16H21FO2. The van der Waals surface area contributed by atoms with Gasteiger partial charge < -0.3 is 4.74 Å². The van der Waals surface area contributed by atoms with Crippen LogP contribution in [0.4, 0.5) is 4.39 Å². The number of carbonyl (C=O) groups is 1. The summed E-state index contributed by atoms with van der Waals surface area (Å²) in [4.78, 5) is 12.5. The van der Waals surface area contributed by atoms with Gasteiger partial charge in [-0.15, -0.1) is 0 Å². The molecule has 0 atom stereocenters. The van der Waals surface area contributed by atoms with E-state index >= 15 is 0 Å². The molecule has 2 nitrogen and oxygen atoms in total. The molecule has 0 spiro atoms. The van der Waals surface area contributed by atoms with Gasteiger partial charge in [-0.3, -0.25) is 4.79 Å². The zero-order chi connectivity index (χ0) is 13.9. The third-order valence-corrected chi connectivity index (χ3v) is 4.41. The minimum atomic E-state index is -0.398. The Morgan fingerprint density at radius 3 is 2.58 bits per heavy atom. The van der Waals surface area contributed by atoms with E-state index in [1.54, 1.807) is 12.1 Å². The molecule has 104 valence electrons. The van der Waals surface area contributed by atoms with E-state index in [4.69, 9.17) is 4.74 Å².